The number of aromatic nitrogens is 2. The second-order valence-corrected chi connectivity index (χ2v) is 3.99. The predicted molar refractivity (Wildman–Crippen MR) is 67.6 cm³/mol. The van der Waals surface area contributed by atoms with Crippen molar-refractivity contribution >= 4 is 22.5 Å². The maximum Gasteiger partial charge on any atom is 0.313 e. The third-order valence-corrected chi connectivity index (χ3v) is 2.66. The average Bonchev–Trinajstić information content (AvgIpc) is 2.42. The number of carbonyl (C=O) groups excluding carboxylic acids is 2. The molecule has 0 aliphatic rings. The van der Waals surface area contributed by atoms with Gasteiger partial charge in [0, 0.05) is 5.39 Å². The highest BCUT2D eigenvalue weighted by atomic mass is 16.5. The van der Waals surface area contributed by atoms with E-state index < -0.39 is 11.8 Å². The second kappa shape index (κ2) is 5.43. The van der Waals surface area contributed by atoms with E-state index in [2.05, 4.69) is 9.84 Å². The lowest BCUT2D eigenvalue weighted by molar-refractivity contribution is -0.143. The summed E-state index contributed by atoms with van der Waals surface area (Å²) in [5.41, 5.74) is -0.351. The van der Waals surface area contributed by atoms with Crippen molar-refractivity contribution in [3.63, 3.8) is 0 Å². The van der Waals surface area contributed by atoms with E-state index >= 15 is 0 Å². The molecule has 0 saturated heterocycles. The number of benzene rings is 1. The number of carbonyl (C=O) groups is 2. The zero-order valence-corrected chi connectivity index (χ0v) is 10.3. The zero-order chi connectivity index (χ0) is 13.8. The molecule has 1 aromatic heterocycles. The van der Waals surface area contributed by atoms with E-state index in [4.69, 9.17) is 0 Å². The van der Waals surface area contributed by atoms with Gasteiger partial charge in [0.25, 0.3) is 5.56 Å². The zero-order valence-electron chi connectivity index (χ0n) is 10.3. The Balaban J connectivity index is 2.27. The minimum absolute atomic E-state index is 0.237. The molecule has 0 bridgehead atoms. The molecule has 0 fully saturated rings. The molecule has 6 nitrogen and oxygen atoms in total. The third-order valence-electron chi connectivity index (χ3n) is 2.66. The van der Waals surface area contributed by atoms with Gasteiger partial charge in [-0.05, 0) is 6.07 Å². The SMILES string of the molecule is COC(=O)CC(=O)Cn1ncc2ccccc2c1=O. The molecule has 0 aliphatic carbocycles. The number of rotatable bonds is 4. The molecule has 19 heavy (non-hydrogen) atoms. The van der Waals surface area contributed by atoms with Gasteiger partial charge < -0.3 is 4.74 Å². The molecule has 1 aromatic carbocycles. The normalized spacial score (nSPS) is 10.4. The third kappa shape index (κ3) is 2.85. The molecule has 0 atom stereocenters. The molecule has 2 aromatic rings. The van der Waals surface area contributed by atoms with Gasteiger partial charge in [-0.1, -0.05) is 18.2 Å². The Morgan fingerprint density at radius 1 is 1.32 bits per heavy atom. The number of ketones is 1. The Morgan fingerprint density at radius 2 is 2.05 bits per heavy atom. The molecular formula is C13H12N2O4. The van der Waals surface area contributed by atoms with Crippen LogP contribution >= 0.6 is 0 Å². The summed E-state index contributed by atoms with van der Waals surface area (Å²) in [6, 6.07) is 6.98. The number of hydrogen-bond donors (Lipinski definition) is 0. The number of Topliss-reactive ketones (excluding diaryl/α,β-unsaturated/α-hetero) is 1. The van der Waals surface area contributed by atoms with Crippen molar-refractivity contribution in [2.24, 2.45) is 0 Å². The summed E-state index contributed by atoms with van der Waals surface area (Å²) >= 11 is 0. The van der Waals surface area contributed by atoms with Crippen molar-refractivity contribution in [1.82, 2.24) is 9.78 Å². The van der Waals surface area contributed by atoms with E-state index in [9.17, 15) is 14.4 Å². The van der Waals surface area contributed by atoms with Crippen molar-refractivity contribution in [1.29, 1.82) is 0 Å². The van der Waals surface area contributed by atoms with Crippen molar-refractivity contribution in [3.05, 3.63) is 40.8 Å². The van der Waals surface area contributed by atoms with E-state index in [1.807, 2.05) is 0 Å². The number of nitrogens with zero attached hydrogens (tertiary/aromatic N) is 2. The maximum atomic E-state index is 12.1. The number of hydrogen-bond acceptors (Lipinski definition) is 5. The van der Waals surface area contributed by atoms with Crippen LogP contribution in [0.2, 0.25) is 0 Å². The Kier molecular flexibility index (Phi) is 3.70. The van der Waals surface area contributed by atoms with Gasteiger partial charge in [-0.3, -0.25) is 14.4 Å². The fraction of sp³-hybridized carbons (Fsp3) is 0.231. The van der Waals surface area contributed by atoms with E-state index in [1.54, 1.807) is 24.3 Å². The van der Waals surface area contributed by atoms with Crippen LogP contribution in [-0.4, -0.2) is 28.6 Å². The standard InChI is InChI=1S/C13H12N2O4/c1-19-12(17)6-10(16)8-15-13(18)11-5-3-2-4-9(11)7-14-15/h2-5,7H,6,8H2,1H3. The quantitative estimate of drug-likeness (QED) is 0.592. The molecule has 0 amide bonds. The van der Waals surface area contributed by atoms with Crippen LogP contribution < -0.4 is 5.56 Å². The second-order valence-electron chi connectivity index (χ2n) is 3.99. The molecule has 0 spiro atoms. The van der Waals surface area contributed by atoms with Gasteiger partial charge in [-0.25, -0.2) is 4.68 Å². The number of ether oxygens (including phenoxy) is 1. The van der Waals surface area contributed by atoms with Gasteiger partial charge in [-0.2, -0.15) is 5.10 Å². The Hall–Kier alpha value is -2.50. The van der Waals surface area contributed by atoms with Crippen LogP contribution in [0.25, 0.3) is 10.8 Å². The molecule has 2 rings (SSSR count). The molecule has 1 heterocycles. The highest BCUT2D eigenvalue weighted by Gasteiger charge is 2.12. The topological polar surface area (TPSA) is 78.3 Å². The summed E-state index contributed by atoms with van der Waals surface area (Å²) in [4.78, 5) is 34.6. The maximum absolute atomic E-state index is 12.1. The van der Waals surface area contributed by atoms with Crippen molar-refractivity contribution < 1.29 is 14.3 Å². The molecule has 0 N–H and O–H groups in total. The first kappa shape index (κ1) is 12.9. The summed E-state index contributed by atoms with van der Waals surface area (Å²) in [5, 5.41) is 5.11. The molecular weight excluding hydrogens is 248 g/mol. The average molecular weight is 260 g/mol. The lowest BCUT2D eigenvalue weighted by atomic mass is 10.2. The predicted octanol–water partition coefficient (Wildman–Crippen LogP) is 0.529. The summed E-state index contributed by atoms with van der Waals surface area (Å²) < 4.78 is 5.44. The summed E-state index contributed by atoms with van der Waals surface area (Å²) in [5.74, 6) is -1.05. The van der Waals surface area contributed by atoms with Crippen molar-refractivity contribution in [2.45, 2.75) is 13.0 Å². The van der Waals surface area contributed by atoms with Crippen LogP contribution in [0.3, 0.4) is 0 Å². The van der Waals surface area contributed by atoms with E-state index in [0.29, 0.717) is 10.8 Å². The van der Waals surface area contributed by atoms with Crippen molar-refractivity contribution in [3.8, 4) is 0 Å². The number of esters is 1. The summed E-state index contributed by atoms with van der Waals surface area (Å²) in [6.45, 7) is -0.237. The van der Waals surface area contributed by atoms with Gasteiger partial charge in [0.15, 0.2) is 5.78 Å². The fourth-order valence-electron chi connectivity index (χ4n) is 1.70. The fourth-order valence-corrected chi connectivity index (χ4v) is 1.70. The molecule has 0 saturated carbocycles. The molecule has 6 heteroatoms. The van der Waals surface area contributed by atoms with Crippen LogP contribution in [0.5, 0.6) is 0 Å². The lowest BCUT2D eigenvalue weighted by Gasteiger charge is -2.04. The number of fused-ring (bicyclic) bond motifs is 1. The van der Waals surface area contributed by atoms with Crippen LogP contribution in [0.4, 0.5) is 0 Å². The molecule has 98 valence electrons. The van der Waals surface area contributed by atoms with Gasteiger partial charge >= 0.3 is 5.97 Å². The van der Waals surface area contributed by atoms with Gasteiger partial charge in [0.2, 0.25) is 0 Å². The number of methoxy groups -OCH3 is 1. The van der Waals surface area contributed by atoms with Crippen LogP contribution in [-0.2, 0) is 20.9 Å². The highest BCUT2D eigenvalue weighted by molar-refractivity contribution is 5.95. The van der Waals surface area contributed by atoms with Crippen LogP contribution in [0.15, 0.2) is 35.3 Å². The minimum Gasteiger partial charge on any atom is -0.469 e. The van der Waals surface area contributed by atoms with Crippen LogP contribution in [0.1, 0.15) is 6.42 Å². The van der Waals surface area contributed by atoms with E-state index in [0.717, 1.165) is 4.68 Å². The van der Waals surface area contributed by atoms with E-state index in [-0.39, 0.29) is 18.5 Å². The van der Waals surface area contributed by atoms with Crippen molar-refractivity contribution in [2.75, 3.05) is 7.11 Å². The largest absolute Gasteiger partial charge is 0.469 e. The smallest absolute Gasteiger partial charge is 0.313 e. The van der Waals surface area contributed by atoms with Gasteiger partial charge in [-0.15, -0.1) is 0 Å². The van der Waals surface area contributed by atoms with Gasteiger partial charge in [0.1, 0.15) is 13.0 Å². The Morgan fingerprint density at radius 3 is 2.79 bits per heavy atom. The monoisotopic (exact) mass is 260 g/mol. The summed E-state index contributed by atoms with van der Waals surface area (Å²) in [7, 11) is 1.20. The molecule has 0 radical (unpaired) electrons. The molecule has 0 aliphatic heterocycles. The van der Waals surface area contributed by atoms with Crippen LogP contribution in [0, 0.1) is 0 Å². The Bertz CT molecular complexity index is 690. The Labute approximate surface area is 108 Å². The first-order chi connectivity index (χ1) is 9.11. The molecule has 0 unspecified atom stereocenters. The first-order valence-electron chi connectivity index (χ1n) is 5.65. The highest BCUT2D eigenvalue weighted by Crippen LogP contribution is 2.06. The lowest BCUT2D eigenvalue weighted by Crippen LogP contribution is -2.27. The minimum atomic E-state index is -0.626. The van der Waals surface area contributed by atoms with E-state index in [1.165, 1.54) is 13.3 Å². The van der Waals surface area contributed by atoms with Gasteiger partial charge in [0.05, 0.1) is 18.7 Å². The summed E-state index contributed by atoms with van der Waals surface area (Å²) in [6.07, 6.45) is 1.15. The first-order valence-corrected chi connectivity index (χ1v) is 5.65.